The first-order valence-electron chi connectivity index (χ1n) is 6.90. The molecule has 1 N–H and O–H groups in total. The third-order valence-electron chi connectivity index (χ3n) is 3.86. The van der Waals surface area contributed by atoms with Crippen LogP contribution in [0.4, 0.5) is 4.79 Å². The van der Waals surface area contributed by atoms with E-state index in [2.05, 4.69) is 22.5 Å². The summed E-state index contributed by atoms with van der Waals surface area (Å²) < 4.78 is 10.9. The summed E-state index contributed by atoms with van der Waals surface area (Å²) in [4.78, 5) is 13.5. The highest BCUT2D eigenvalue weighted by molar-refractivity contribution is 5.91. The smallest absolute Gasteiger partial charge is 0.427 e. The number of amides is 1. The molecule has 2 heterocycles. The van der Waals surface area contributed by atoms with E-state index in [1.807, 2.05) is 6.92 Å². The van der Waals surface area contributed by atoms with Crippen LogP contribution in [0.2, 0.25) is 0 Å². The normalized spacial score (nSPS) is 28.8. The molecule has 108 valence electrons. The quantitative estimate of drug-likeness (QED) is 0.769. The summed E-state index contributed by atoms with van der Waals surface area (Å²) >= 11 is 0. The minimum Gasteiger partial charge on any atom is -0.449 e. The van der Waals surface area contributed by atoms with E-state index < -0.39 is 6.09 Å². The molecule has 0 aromatic heterocycles. The van der Waals surface area contributed by atoms with Crippen molar-refractivity contribution < 1.29 is 14.3 Å². The fourth-order valence-electron chi connectivity index (χ4n) is 2.69. The van der Waals surface area contributed by atoms with Gasteiger partial charge in [-0.25, -0.2) is 10.2 Å². The van der Waals surface area contributed by atoms with E-state index in [9.17, 15) is 4.79 Å². The van der Waals surface area contributed by atoms with E-state index in [0.717, 1.165) is 38.1 Å². The van der Waals surface area contributed by atoms with Crippen LogP contribution < -0.4 is 5.43 Å². The van der Waals surface area contributed by atoms with E-state index in [0.29, 0.717) is 6.61 Å². The minimum atomic E-state index is -0.508. The Morgan fingerprint density at radius 3 is 2.89 bits per heavy atom. The van der Waals surface area contributed by atoms with Crippen LogP contribution in [0.15, 0.2) is 5.10 Å². The van der Waals surface area contributed by atoms with Gasteiger partial charge in [-0.2, -0.15) is 5.10 Å². The highest BCUT2D eigenvalue weighted by Crippen LogP contribution is 2.37. The van der Waals surface area contributed by atoms with Crippen molar-refractivity contribution >= 4 is 11.8 Å². The maximum Gasteiger partial charge on any atom is 0.427 e. The van der Waals surface area contributed by atoms with Crippen molar-refractivity contribution in [3.05, 3.63) is 0 Å². The molecule has 0 bridgehead atoms. The minimum absolute atomic E-state index is 0.0367. The lowest BCUT2D eigenvalue weighted by molar-refractivity contribution is -0.0656. The number of hydrazone groups is 1. The van der Waals surface area contributed by atoms with Crippen molar-refractivity contribution in [2.45, 2.75) is 44.8 Å². The molecule has 1 atom stereocenters. The van der Waals surface area contributed by atoms with Crippen molar-refractivity contribution in [3.63, 3.8) is 0 Å². The molecule has 1 amide bonds. The van der Waals surface area contributed by atoms with Crippen molar-refractivity contribution in [3.8, 4) is 0 Å². The van der Waals surface area contributed by atoms with Gasteiger partial charge in [0.05, 0.1) is 24.0 Å². The number of carbonyl (C=O) groups excluding carboxylic acids is 1. The third kappa shape index (κ3) is 3.45. The van der Waals surface area contributed by atoms with Crippen LogP contribution >= 0.6 is 0 Å². The predicted molar refractivity (Wildman–Crippen MR) is 72.2 cm³/mol. The molecule has 2 saturated heterocycles. The fraction of sp³-hybridized carbons (Fsp3) is 0.846. The second-order valence-corrected chi connectivity index (χ2v) is 5.36. The average molecular weight is 269 g/mol. The lowest BCUT2D eigenvalue weighted by Crippen LogP contribution is -2.42. The first-order valence-corrected chi connectivity index (χ1v) is 6.90. The number of piperidine rings is 1. The topological polar surface area (TPSA) is 63.2 Å². The molecule has 0 saturated carbocycles. The Hall–Kier alpha value is -1.14. The van der Waals surface area contributed by atoms with Crippen molar-refractivity contribution in [2.75, 3.05) is 26.7 Å². The van der Waals surface area contributed by atoms with Gasteiger partial charge in [-0.05, 0) is 33.7 Å². The molecule has 0 radical (unpaired) electrons. The molecular weight excluding hydrogens is 246 g/mol. The van der Waals surface area contributed by atoms with Crippen molar-refractivity contribution in [1.82, 2.24) is 10.3 Å². The molecular formula is C13H23N3O3. The van der Waals surface area contributed by atoms with E-state index in [4.69, 9.17) is 9.47 Å². The van der Waals surface area contributed by atoms with E-state index in [1.165, 1.54) is 0 Å². The molecule has 0 aromatic carbocycles. The average Bonchev–Trinajstić information content (AvgIpc) is 2.68. The fourth-order valence-corrected chi connectivity index (χ4v) is 2.69. The standard InChI is InChI=1S/C13H23N3O3/c1-4-18-12(17)15-14-11-9-13(19-10(11)2)5-7-16(3)8-6-13/h10H,4-9H2,1-3H3,(H,15,17)/b14-11+. The second kappa shape index (κ2) is 5.88. The molecule has 19 heavy (non-hydrogen) atoms. The summed E-state index contributed by atoms with van der Waals surface area (Å²) in [6, 6.07) is 0. The van der Waals surface area contributed by atoms with Crippen LogP contribution in [-0.4, -0.2) is 55.2 Å². The molecule has 2 fully saturated rings. The monoisotopic (exact) mass is 269 g/mol. The summed E-state index contributed by atoms with van der Waals surface area (Å²) in [5.41, 5.74) is 3.24. The number of ether oxygens (including phenoxy) is 2. The lowest BCUT2D eigenvalue weighted by atomic mass is 9.88. The SMILES string of the molecule is CCOC(=O)N/N=C1\CC2(CCN(C)CC2)OC1C. The second-order valence-electron chi connectivity index (χ2n) is 5.36. The summed E-state index contributed by atoms with van der Waals surface area (Å²) in [5, 5.41) is 4.14. The van der Waals surface area contributed by atoms with Gasteiger partial charge >= 0.3 is 6.09 Å². The molecule has 0 aromatic rings. The van der Waals surface area contributed by atoms with E-state index in [1.54, 1.807) is 6.92 Å². The largest absolute Gasteiger partial charge is 0.449 e. The predicted octanol–water partition coefficient (Wildman–Crippen LogP) is 1.36. The van der Waals surface area contributed by atoms with Gasteiger partial charge in [0.2, 0.25) is 0 Å². The summed E-state index contributed by atoms with van der Waals surface area (Å²) in [5.74, 6) is 0. The van der Waals surface area contributed by atoms with Crippen molar-refractivity contribution in [2.24, 2.45) is 5.10 Å². The Morgan fingerprint density at radius 1 is 1.58 bits per heavy atom. The Morgan fingerprint density at radius 2 is 2.26 bits per heavy atom. The highest BCUT2D eigenvalue weighted by atomic mass is 16.6. The molecule has 1 unspecified atom stereocenters. The molecule has 2 aliphatic rings. The van der Waals surface area contributed by atoms with Gasteiger partial charge in [-0.15, -0.1) is 0 Å². The maximum atomic E-state index is 11.2. The number of rotatable bonds is 2. The van der Waals surface area contributed by atoms with Crippen LogP contribution in [0.1, 0.15) is 33.1 Å². The number of nitrogens with one attached hydrogen (secondary N) is 1. The van der Waals surface area contributed by atoms with Gasteiger partial charge in [0, 0.05) is 19.5 Å². The van der Waals surface area contributed by atoms with Gasteiger partial charge in [0.15, 0.2) is 0 Å². The van der Waals surface area contributed by atoms with E-state index in [-0.39, 0.29) is 11.7 Å². The lowest BCUT2D eigenvalue weighted by Gasteiger charge is -2.36. The van der Waals surface area contributed by atoms with Crippen LogP contribution in [0, 0.1) is 0 Å². The summed E-state index contributed by atoms with van der Waals surface area (Å²) in [7, 11) is 2.13. The van der Waals surface area contributed by atoms with Gasteiger partial charge in [-0.1, -0.05) is 0 Å². The number of hydrogen-bond acceptors (Lipinski definition) is 5. The Balaban J connectivity index is 1.93. The van der Waals surface area contributed by atoms with Crippen LogP contribution in [0.3, 0.4) is 0 Å². The molecule has 6 heteroatoms. The van der Waals surface area contributed by atoms with Crippen LogP contribution in [0.25, 0.3) is 0 Å². The summed E-state index contributed by atoms with van der Waals surface area (Å²) in [6.45, 7) is 6.19. The van der Waals surface area contributed by atoms with Gasteiger partial charge < -0.3 is 14.4 Å². The van der Waals surface area contributed by atoms with Gasteiger partial charge in [0.25, 0.3) is 0 Å². The zero-order valence-corrected chi connectivity index (χ0v) is 11.9. The third-order valence-corrected chi connectivity index (χ3v) is 3.86. The van der Waals surface area contributed by atoms with Gasteiger partial charge in [0.1, 0.15) is 0 Å². The number of likely N-dealkylation sites (tertiary alicyclic amines) is 1. The zero-order chi connectivity index (χ0) is 13.9. The molecule has 2 rings (SSSR count). The number of nitrogens with zero attached hydrogens (tertiary/aromatic N) is 2. The van der Waals surface area contributed by atoms with Crippen molar-refractivity contribution in [1.29, 1.82) is 0 Å². The van der Waals surface area contributed by atoms with E-state index >= 15 is 0 Å². The Bertz CT molecular complexity index is 362. The first-order chi connectivity index (χ1) is 9.04. The maximum absolute atomic E-state index is 11.2. The highest BCUT2D eigenvalue weighted by Gasteiger charge is 2.44. The van der Waals surface area contributed by atoms with Crippen LogP contribution in [0.5, 0.6) is 0 Å². The van der Waals surface area contributed by atoms with Crippen LogP contribution in [-0.2, 0) is 9.47 Å². The number of carbonyl (C=O) groups is 1. The Kier molecular flexibility index (Phi) is 4.42. The first kappa shape index (κ1) is 14.3. The molecule has 0 aliphatic carbocycles. The molecule has 2 aliphatic heterocycles. The Labute approximate surface area is 114 Å². The molecule has 1 spiro atoms. The molecule has 6 nitrogen and oxygen atoms in total. The number of hydrogen-bond donors (Lipinski definition) is 1. The zero-order valence-electron chi connectivity index (χ0n) is 11.9. The van der Waals surface area contributed by atoms with Gasteiger partial charge in [-0.3, -0.25) is 0 Å². The summed E-state index contributed by atoms with van der Waals surface area (Å²) in [6.07, 6.45) is 2.30.